The third-order valence-corrected chi connectivity index (χ3v) is 4.45. The van der Waals surface area contributed by atoms with Crippen molar-refractivity contribution in [2.24, 2.45) is 0 Å². The Balaban J connectivity index is 2.49. The Hall–Kier alpha value is -0.840. The molecular weight excluding hydrogens is 350 g/mol. The fourth-order valence-electron chi connectivity index (χ4n) is 2.42. The molecule has 21 heavy (non-hydrogen) atoms. The molecule has 2 aromatic rings. The summed E-state index contributed by atoms with van der Waals surface area (Å²) in [6, 6.07) is 6.45. The van der Waals surface area contributed by atoms with Crippen LogP contribution < -0.4 is 5.32 Å². The van der Waals surface area contributed by atoms with E-state index in [1.807, 2.05) is 4.68 Å². The molecule has 114 valence electrons. The van der Waals surface area contributed by atoms with Crippen molar-refractivity contribution in [3.8, 4) is 0 Å². The van der Waals surface area contributed by atoms with Crippen molar-refractivity contribution in [2.75, 3.05) is 6.54 Å². The van der Waals surface area contributed by atoms with Crippen LogP contribution >= 0.6 is 27.5 Å². The monoisotopic (exact) mass is 369 g/mol. The molecule has 0 aliphatic rings. The maximum Gasteiger partial charge on any atom is 0.0837 e. The lowest BCUT2D eigenvalue weighted by Crippen LogP contribution is -2.26. The van der Waals surface area contributed by atoms with Gasteiger partial charge in [-0.3, -0.25) is 4.68 Å². The first-order chi connectivity index (χ1) is 10.1. The smallest absolute Gasteiger partial charge is 0.0837 e. The molecule has 0 radical (unpaired) electrons. The van der Waals surface area contributed by atoms with Crippen LogP contribution in [0, 0.1) is 6.92 Å². The molecule has 0 amide bonds. The summed E-state index contributed by atoms with van der Waals surface area (Å²) in [6.45, 7) is 8.05. The van der Waals surface area contributed by atoms with Crippen molar-refractivity contribution >= 4 is 27.5 Å². The zero-order valence-corrected chi connectivity index (χ0v) is 15.0. The van der Waals surface area contributed by atoms with Crippen LogP contribution in [0.25, 0.3) is 0 Å². The molecule has 0 spiro atoms. The fourth-order valence-corrected chi connectivity index (χ4v) is 3.39. The van der Waals surface area contributed by atoms with Gasteiger partial charge in [0, 0.05) is 11.0 Å². The summed E-state index contributed by atoms with van der Waals surface area (Å²) in [7, 11) is 0. The number of hydrogen-bond acceptors (Lipinski definition) is 2. The van der Waals surface area contributed by atoms with Crippen molar-refractivity contribution in [2.45, 2.75) is 39.8 Å². The summed E-state index contributed by atoms with van der Waals surface area (Å²) in [5, 5.41) is 8.66. The Morgan fingerprint density at radius 3 is 2.76 bits per heavy atom. The Morgan fingerprint density at radius 1 is 1.38 bits per heavy atom. The predicted octanol–water partition coefficient (Wildman–Crippen LogP) is 4.72. The SMILES string of the molecule is CCCNC(c1ccc(C)cc1Br)c1c(Cl)cnn1CC. The molecule has 3 nitrogen and oxygen atoms in total. The summed E-state index contributed by atoms with van der Waals surface area (Å²) in [5.74, 6) is 0. The normalized spacial score (nSPS) is 12.6. The number of aromatic nitrogens is 2. The van der Waals surface area contributed by atoms with Gasteiger partial charge < -0.3 is 5.32 Å². The molecule has 1 heterocycles. The van der Waals surface area contributed by atoms with Gasteiger partial charge in [0.2, 0.25) is 0 Å². The van der Waals surface area contributed by atoms with Crippen LogP contribution in [-0.4, -0.2) is 16.3 Å². The van der Waals surface area contributed by atoms with Gasteiger partial charge in [-0.1, -0.05) is 46.6 Å². The second-order valence-corrected chi connectivity index (χ2v) is 6.37. The minimum atomic E-state index is 0.0369. The number of nitrogens with one attached hydrogen (secondary N) is 1. The first kappa shape index (κ1) is 16.5. The highest BCUT2D eigenvalue weighted by Crippen LogP contribution is 2.33. The van der Waals surface area contributed by atoms with Gasteiger partial charge in [-0.2, -0.15) is 5.10 Å². The number of rotatable bonds is 6. The van der Waals surface area contributed by atoms with Gasteiger partial charge in [0.25, 0.3) is 0 Å². The zero-order valence-electron chi connectivity index (χ0n) is 12.7. The van der Waals surface area contributed by atoms with Crippen molar-refractivity contribution in [1.29, 1.82) is 0 Å². The van der Waals surface area contributed by atoms with Gasteiger partial charge in [-0.05, 0) is 44.0 Å². The van der Waals surface area contributed by atoms with E-state index in [0.29, 0.717) is 5.02 Å². The number of halogens is 2. The maximum atomic E-state index is 6.39. The van der Waals surface area contributed by atoms with Gasteiger partial charge in [-0.15, -0.1) is 0 Å². The second-order valence-electron chi connectivity index (χ2n) is 5.11. The Bertz CT molecular complexity index is 610. The quantitative estimate of drug-likeness (QED) is 0.797. The van der Waals surface area contributed by atoms with Gasteiger partial charge >= 0.3 is 0 Å². The van der Waals surface area contributed by atoms with E-state index in [1.54, 1.807) is 6.20 Å². The molecule has 0 bridgehead atoms. The Morgan fingerprint density at radius 2 is 2.14 bits per heavy atom. The van der Waals surface area contributed by atoms with Crippen molar-refractivity contribution in [1.82, 2.24) is 15.1 Å². The largest absolute Gasteiger partial charge is 0.305 e. The van der Waals surface area contributed by atoms with E-state index < -0.39 is 0 Å². The van der Waals surface area contributed by atoms with Gasteiger partial charge in [0.15, 0.2) is 0 Å². The molecule has 0 fully saturated rings. The molecule has 0 aliphatic carbocycles. The first-order valence-corrected chi connectivity index (χ1v) is 8.46. The van der Waals surface area contributed by atoms with Crippen LogP contribution in [0.15, 0.2) is 28.9 Å². The summed E-state index contributed by atoms with van der Waals surface area (Å²) in [5.41, 5.74) is 3.44. The maximum absolute atomic E-state index is 6.39. The van der Waals surface area contributed by atoms with E-state index in [4.69, 9.17) is 11.6 Å². The van der Waals surface area contributed by atoms with Crippen LogP contribution in [0.1, 0.15) is 43.1 Å². The topological polar surface area (TPSA) is 29.9 Å². The highest BCUT2D eigenvalue weighted by atomic mass is 79.9. The molecule has 1 unspecified atom stereocenters. The van der Waals surface area contributed by atoms with Crippen LogP contribution in [0.4, 0.5) is 0 Å². The first-order valence-electron chi connectivity index (χ1n) is 7.29. The molecule has 0 saturated heterocycles. The van der Waals surface area contributed by atoms with Gasteiger partial charge in [0.05, 0.1) is 23.0 Å². The van der Waals surface area contributed by atoms with E-state index in [9.17, 15) is 0 Å². The van der Waals surface area contributed by atoms with E-state index in [1.165, 1.54) is 11.1 Å². The third kappa shape index (κ3) is 3.68. The molecule has 2 rings (SSSR count). The highest BCUT2D eigenvalue weighted by Gasteiger charge is 2.23. The molecule has 1 atom stereocenters. The molecular formula is C16H21BrClN3. The number of nitrogens with zero attached hydrogens (tertiary/aromatic N) is 2. The average molecular weight is 371 g/mol. The highest BCUT2D eigenvalue weighted by molar-refractivity contribution is 9.10. The second kappa shape index (κ2) is 7.43. The Kier molecular flexibility index (Phi) is 5.85. The lowest BCUT2D eigenvalue weighted by molar-refractivity contribution is 0.529. The minimum absolute atomic E-state index is 0.0369. The molecule has 1 aromatic heterocycles. The van der Waals surface area contributed by atoms with Crippen LogP contribution in [-0.2, 0) is 6.54 Å². The average Bonchev–Trinajstić information content (AvgIpc) is 2.82. The standard InChI is InChI=1S/C16H21BrClN3/c1-4-8-19-15(12-7-6-11(3)9-13(12)17)16-14(18)10-20-21(16)5-2/h6-7,9-10,15,19H,4-5,8H2,1-3H3. The van der Waals surface area contributed by atoms with E-state index >= 15 is 0 Å². The van der Waals surface area contributed by atoms with E-state index in [0.717, 1.165) is 29.7 Å². The van der Waals surface area contributed by atoms with Crippen LogP contribution in [0.2, 0.25) is 5.02 Å². The van der Waals surface area contributed by atoms with Crippen LogP contribution in [0.3, 0.4) is 0 Å². The number of aryl methyl sites for hydroxylation is 2. The summed E-state index contributed by atoms with van der Waals surface area (Å²) >= 11 is 10.1. The fraction of sp³-hybridized carbons (Fsp3) is 0.438. The van der Waals surface area contributed by atoms with E-state index in [-0.39, 0.29) is 6.04 Å². The number of hydrogen-bond donors (Lipinski definition) is 1. The van der Waals surface area contributed by atoms with Gasteiger partial charge in [0.1, 0.15) is 0 Å². The minimum Gasteiger partial charge on any atom is -0.305 e. The summed E-state index contributed by atoms with van der Waals surface area (Å²) in [6.07, 6.45) is 2.79. The molecule has 1 aromatic carbocycles. The van der Waals surface area contributed by atoms with E-state index in [2.05, 4.69) is 65.3 Å². The van der Waals surface area contributed by atoms with Crippen molar-refractivity contribution in [3.63, 3.8) is 0 Å². The van der Waals surface area contributed by atoms with Crippen molar-refractivity contribution < 1.29 is 0 Å². The van der Waals surface area contributed by atoms with Crippen LogP contribution in [0.5, 0.6) is 0 Å². The summed E-state index contributed by atoms with van der Waals surface area (Å²) < 4.78 is 3.05. The molecule has 1 N–H and O–H groups in total. The number of benzene rings is 1. The third-order valence-electron chi connectivity index (χ3n) is 3.47. The molecule has 5 heteroatoms. The molecule has 0 saturated carbocycles. The molecule has 0 aliphatic heterocycles. The Labute approximate surface area is 139 Å². The van der Waals surface area contributed by atoms with Crippen molar-refractivity contribution in [3.05, 3.63) is 50.7 Å². The summed E-state index contributed by atoms with van der Waals surface area (Å²) in [4.78, 5) is 0. The zero-order chi connectivity index (χ0) is 15.4. The van der Waals surface area contributed by atoms with Gasteiger partial charge in [-0.25, -0.2) is 0 Å². The lowest BCUT2D eigenvalue weighted by atomic mass is 10.0. The predicted molar refractivity (Wildman–Crippen MR) is 91.9 cm³/mol. The lowest BCUT2D eigenvalue weighted by Gasteiger charge is -2.22.